The van der Waals surface area contributed by atoms with Gasteiger partial charge in [-0.05, 0) is 25.0 Å². The highest BCUT2D eigenvalue weighted by Gasteiger charge is 2.21. The number of aliphatic hydroxyl groups excluding tert-OH is 1. The Labute approximate surface area is 112 Å². The first-order valence-electron chi connectivity index (χ1n) is 6.46. The second-order valence-electron chi connectivity index (χ2n) is 4.66. The monoisotopic (exact) mass is 262 g/mol. The maximum Gasteiger partial charge on any atom is 0.251 e. The molecule has 0 aromatic heterocycles. The van der Waals surface area contributed by atoms with Crippen LogP contribution in [0.3, 0.4) is 0 Å². The molecule has 1 heterocycles. The van der Waals surface area contributed by atoms with Crippen LogP contribution in [0.5, 0.6) is 0 Å². The molecule has 0 aliphatic carbocycles. The van der Waals surface area contributed by atoms with E-state index in [1.165, 1.54) is 0 Å². The summed E-state index contributed by atoms with van der Waals surface area (Å²) in [6.45, 7) is 1.12. The van der Waals surface area contributed by atoms with Crippen molar-refractivity contribution < 1.29 is 14.7 Å². The standard InChI is InChI=1S/C14H18N2O3/c17-12-6-8-16(9-7-12)13(18)10-15-14(19)11-4-2-1-3-5-11/h1-5,12,17H,6-10H2,(H,15,19). The minimum absolute atomic E-state index is 0.00379. The summed E-state index contributed by atoms with van der Waals surface area (Å²) in [6.07, 6.45) is 0.916. The topological polar surface area (TPSA) is 69.6 Å². The lowest BCUT2D eigenvalue weighted by Gasteiger charge is -2.29. The van der Waals surface area contributed by atoms with Gasteiger partial charge in [-0.15, -0.1) is 0 Å². The van der Waals surface area contributed by atoms with Gasteiger partial charge in [0.1, 0.15) is 0 Å². The summed E-state index contributed by atoms with van der Waals surface area (Å²) in [7, 11) is 0. The molecule has 2 rings (SSSR count). The third-order valence-corrected chi connectivity index (χ3v) is 3.25. The zero-order chi connectivity index (χ0) is 13.7. The number of hydrogen-bond acceptors (Lipinski definition) is 3. The van der Waals surface area contributed by atoms with Gasteiger partial charge in [-0.25, -0.2) is 0 Å². The van der Waals surface area contributed by atoms with E-state index in [0.717, 1.165) is 0 Å². The molecule has 0 bridgehead atoms. The lowest BCUT2D eigenvalue weighted by atomic mass is 10.1. The Morgan fingerprint density at radius 1 is 1.21 bits per heavy atom. The van der Waals surface area contributed by atoms with E-state index in [1.807, 2.05) is 6.07 Å². The Bertz CT molecular complexity index is 439. The zero-order valence-electron chi connectivity index (χ0n) is 10.7. The van der Waals surface area contributed by atoms with Gasteiger partial charge >= 0.3 is 0 Å². The average molecular weight is 262 g/mol. The van der Waals surface area contributed by atoms with Crippen LogP contribution in [0.1, 0.15) is 23.2 Å². The first-order chi connectivity index (χ1) is 9.16. The van der Waals surface area contributed by atoms with Crippen molar-refractivity contribution in [2.45, 2.75) is 18.9 Å². The fourth-order valence-electron chi connectivity index (χ4n) is 2.07. The van der Waals surface area contributed by atoms with Crippen molar-refractivity contribution in [2.75, 3.05) is 19.6 Å². The smallest absolute Gasteiger partial charge is 0.251 e. The van der Waals surface area contributed by atoms with E-state index in [-0.39, 0.29) is 24.5 Å². The number of nitrogens with zero attached hydrogens (tertiary/aromatic N) is 1. The van der Waals surface area contributed by atoms with Gasteiger partial charge in [0.05, 0.1) is 12.6 Å². The molecule has 1 saturated heterocycles. The van der Waals surface area contributed by atoms with E-state index in [2.05, 4.69) is 5.32 Å². The largest absolute Gasteiger partial charge is 0.393 e. The number of rotatable bonds is 3. The van der Waals surface area contributed by atoms with E-state index < -0.39 is 0 Å². The van der Waals surface area contributed by atoms with Gasteiger partial charge in [-0.1, -0.05) is 18.2 Å². The summed E-state index contributed by atoms with van der Waals surface area (Å²) in [5, 5.41) is 12.0. The van der Waals surface area contributed by atoms with Gasteiger partial charge in [-0.3, -0.25) is 9.59 Å². The Balaban J connectivity index is 1.79. The van der Waals surface area contributed by atoms with E-state index in [9.17, 15) is 14.7 Å². The number of hydrogen-bond donors (Lipinski definition) is 2. The second-order valence-corrected chi connectivity index (χ2v) is 4.66. The third kappa shape index (κ3) is 3.79. The highest BCUT2D eigenvalue weighted by molar-refractivity contribution is 5.96. The first-order valence-corrected chi connectivity index (χ1v) is 6.46. The minimum Gasteiger partial charge on any atom is -0.393 e. The normalized spacial score (nSPS) is 16.2. The SMILES string of the molecule is O=C(NCC(=O)N1CCC(O)CC1)c1ccccc1. The molecular weight excluding hydrogens is 244 g/mol. The van der Waals surface area contributed by atoms with Gasteiger partial charge in [0.15, 0.2) is 0 Å². The van der Waals surface area contributed by atoms with Crippen LogP contribution in [0.2, 0.25) is 0 Å². The third-order valence-electron chi connectivity index (χ3n) is 3.25. The van der Waals surface area contributed by atoms with E-state index in [4.69, 9.17) is 0 Å². The van der Waals surface area contributed by atoms with Crippen LogP contribution < -0.4 is 5.32 Å². The van der Waals surface area contributed by atoms with Crippen molar-refractivity contribution in [3.63, 3.8) is 0 Å². The molecule has 0 unspecified atom stereocenters. The number of carbonyl (C=O) groups excluding carboxylic acids is 2. The van der Waals surface area contributed by atoms with Gasteiger partial charge in [0, 0.05) is 18.7 Å². The first kappa shape index (κ1) is 13.5. The van der Waals surface area contributed by atoms with Crippen molar-refractivity contribution in [3.8, 4) is 0 Å². The molecule has 0 atom stereocenters. The predicted molar refractivity (Wildman–Crippen MR) is 70.6 cm³/mol. The number of aliphatic hydroxyl groups is 1. The number of amides is 2. The van der Waals surface area contributed by atoms with Gasteiger partial charge in [-0.2, -0.15) is 0 Å². The van der Waals surface area contributed by atoms with Gasteiger partial charge in [0.2, 0.25) is 5.91 Å². The molecule has 1 aliphatic rings. The summed E-state index contributed by atoms with van der Waals surface area (Å²) in [6, 6.07) is 8.81. The molecule has 0 radical (unpaired) electrons. The maximum absolute atomic E-state index is 11.9. The van der Waals surface area contributed by atoms with Crippen LogP contribution in [0.25, 0.3) is 0 Å². The molecule has 5 nitrogen and oxygen atoms in total. The molecule has 0 spiro atoms. The van der Waals surface area contributed by atoms with Crippen molar-refractivity contribution >= 4 is 11.8 Å². The molecule has 2 amide bonds. The predicted octanol–water partition coefficient (Wildman–Crippen LogP) is 0.400. The van der Waals surface area contributed by atoms with Crippen LogP contribution >= 0.6 is 0 Å². The van der Waals surface area contributed by atoms with Crippen LogP contribution in [-0.2, 0) is 4.79 Å². The fraction of sp³-hybridized carbons (Fsp3) is 0.429. The fourth-order valence-corrected chi connectivity index (χ4v) is 2.07. The number of nitrogens with one attached hydrogen (secondary N) is 1. The summed E-state index contributed by atoms with van der Waals surface area (Å²) < 4.78 is 0. The van der Waals surface area contributed by atoms with Crippen LogP contribution in [0.15, 0.2) is 30.3 Å². The molecule has 1 aromatic rings. The molecular formula is C14H18N2O3. The van der Waals surface area contributed by atoms with Crippen molar-refractivity contribution in [1.29, 1.82) is 0 Å². The Hall–Kier alpha value is -1.88. The Kier molecular flexibility index (Phi) is 4.52. The van der Waals surface area contributed by atoms with E-state index in [0.29, 0.717) is 31.5 Å². The quantitative estimate of drug-likeness (QED) is 0.828. The summed E-state index contributed by atoms with van der Waals surface area (Å²) >= 11 is 0. The lowest BCUT2D eigenvalue weighted by Crippen LogP contribution is -2.45. The molecule has 1 fully saturated rings. The number of carbonyl (C=O) groups is 2. The van der Waals surface area contributed by atoms with Crippen LogP contribution in [-0.4, -0.2) is 47.6 Å². The highest BCUT2D eigenvalue weighted by Crippen LogP contribution is 2.09. The zero-order valence-corrected chi connectivity index (χ0v) is 10.7. The van der Waals surface area contributed by atoms with Crippen LogP contribution in [0.4, 0.5) is 0 Å². The maximum atomic E-state index is 11.9. The molecule has 1 aromatic carbocycles. The van der Waals surface area contributed by atoms with Gasteiger partial charge < -0.3 is 15.3 Å². The van der Waals surface area contributed by atoms with Crippen molar-refractivity contribution in [3.05, 3.63) is 35.9 Å². The second kappa shape index (κ2) is 6.33. The molecule has 102 valence electrons. The van der Waals surface area contributed by atoms with E-state index >= 15 is 0 Å². The number of piperidine rings is 1. The average Bonchev–Trinajstić information content (AvgIpc) is 2.46. The molecule has 5 heteroatoms. The molecule has 19 heavy (non-hydrogen) atoms. The molecule has 1 aliphatic heterocycles. The van der Waals surface area contributed by atoms with E-state index in [1.54, 1.807) is 29.2 Å². The summed E-state index contributed by atoms with van der Waals surface area (Å²) in [5.74, 6) is -0.345. The van der Waals surface area contributed by atoms with Crippen molar-refractivity contribution in [1.82, 2.24) is 10.2 Å². The number of likely N-dealkylation sites (tertiary alicyclic amines) is 1. The summed E-state index contributed by atoms with van der Waals surface area (Å²) in [5.41, 5.74) is 0.546. The van der Waals surface area contributed by atoms with Crippen LogP contribution in [0, 0.1) is 0 Å². The number of benzene rings is 1. The van der Waals surface area contributed by atoms with Crippen molar-refractivity contribution in [2.24, 2.45) is 0 Å². The summed E-state index contributed by atoms with van der Waals surface area (Å²) in [4.78, 5) is 25.3. The Morgan fingerprint density at radius 2 is 1.84 bits per heavy atom. The highest BCUT2D eigenvalue weighted by atomic mass is 16.3. The van der Waals surface area contributed by atoms with Gasteiger partial charge in [0.25, 0.3) is 5.91 Å². The Morgan fingerprint density at radius 3 is 2.47 bits per heavy atom. The molecule has 2 N–H and O–H groups in total. The lowest BCUT2D eigenvalue weighted by molar-refractivity contribution is -0.132. The molecule has 0 saturated carbocycles. The minimum atomic E-state index is -0.303.